The van der Waals surface area contributed by atoms with E-state index >= 15 is 0 Å². The topological polar surface area (TPSA) is 52.5 Å². The Kier molecular flexibility index (Phi) is 3.72. The van der Waals surface area contributed by atoms with Gasteiger partial charge in [-0.2, -0.15) is 0 Å². The van der Waals surface area contributed by atoms with E-state index in [1.54, 1.807) is 6.07 Å². The number of hydrogen-bond donors (Lipinski definition) is 3. The van der Waals surface area contributed by atoms with Gasteiger partial charge in [-0.25, -0.2) is 0 Å². The number of phenolic OH excluding ortho intramolecular Hbond substituents is 2. The van der Waals surface area contributed by atoms with Crippen molar-refractivity contribution in [2.45, 2.75) is 26.3 Å². The molecule has 0 aromatic heterocycles. The van der Waals surface area contributed by atoms with Crippen molar-refractivity contribution in [1.29, 1.82) is 0 Å². The molecule has 0 atom stereocenters. The number of rotatable bonds is 4. The number of nitrogens with one attached hydrogen (secondary N) is 1. The van der Waals surface area contributed by atoms with Crippen LogP contribution in [0.15, 0.2) is 30.3 Å². The zero-order valence-electron chi connectivity index (χ0n) is 10.8. The minimum Gasteiger partial charge on any atom is -0.504 e. The van der Waals surface area contributed by atoms with E-state index in [1.165, 1.54) is 6.07 Å². The van der Waals surface area contributed by atoms with Crippen LogP contribution in [0.3, 0.4) is 0 Å². The Morgan fingerprint density at radius 3 is 2.56 bits per heavy atom. The quantitative estimate of drug-likeness (QED) is 0.726. The molecule has 0 unspecified atom stereocenters. The van der Waals surface area contributed by atoms with Crippen LogP contribution in [0.4, 0.5) is 0 Å². The normalized spacial score (nSPS) is 11.3. The van der Waals surface area contributed by atoms with Crippen LogP contribution in [0.1, 0.15) is 19.4 Å². The Balaban J connectivity index is 2.23. The number of benzene rings is 2. The lowest BCUT2D eigenvalue weighted by molar-refractivity contribution is 0.408. The average Bonchev–Trinajstić information content (AvgIpc) is 2.34. The highest BCUT2D eigenvalue weighted by Gasteiger charge is 2.06. The van der Waals surface area contributed by atoms with Gasteiger partial charge in [0.2, 0.25) is 0 Å². The summed E-state index contributed by atoms with van der Waals surface area (Å²) in [7, 11) is 0. The molecule has 2 aromatic carbocycles. The van der Waals surface area contributed by atoms with Crippen molar-refractivity contribution >= 4 is 10.8 Å². The van der Waals surface area contributed by atoms with Crippen LogP contribution < -0.4 is 5.32 Å². The first kappa shape index (κ1) is 12.7. The molecule has 3 heteroatoms. The summed E-state index contributed by atoms with van der Waals surface area (Å²) < 4.78 is 0. The summed E-state index contributed by atoms with van der Waals surface area (Å²) >= 11 is 0. The van der Waals surface area contributed by atoms with Crippen LogP contribution in [0.2, 0.25) is 0 Å². The van der Waals surface area contributed by atoms with Crippen molar-refractivity contribution in [2.24, 2.45) is 0 Å². The molecule has 0 aliphatic rings. The molecule has 0 heterocycles. The third kappa shape index (κ3) is 2.74. The molecule has 0 saturated heterocycles. The predicted molar refractivity (Wildman–Crippen MR) is 74.1 cm³/mol. The van der Waals surface area contributed by atoms with Gasteiger partial charge in [0.15, 0.2) is 11.5 Å². The van der Waals surface area contributed by atoms with Crippen molar-refractivity contribution in [3.8, 4) is 11.5 Å². The van der Waals surface area contributed by atoms with E-state index in [1.807, 2.05) is 12.1 Å². The van der Waals surface area contributed by atoms with E-state index in [0.717, 1.165) is 23.9 Å². The second-order valence-corrected chi connectivity index (χ2v) is 4.85. The average molecular weight is 245 g/mol. The molecule has 0 saturated carbocycles. The van der Waals surface area contributed by atoms with Gasteiger partial charge in [0.25, 0.3) is 0 Å². The van der Waals surface area contributed by atoms with Crippen LogP contribution in [-0.2, 0) is 6.42 Å². The van der Waals surface area contributed by atoms with Gasteiger partial charge in [-0.05, 0) is 36.0 Å². The molecular formula is C15H19NO2. The van der Waals surface area contributed by atoms with Crippen molar-refractivity contribution in [3.05, 3.63) is 35.9 Å². The second-order valence-electron chi connectivity index (χ2n) is 4.85. The molecule has 2 aromatic rings. The van der Waals surface area contributed by atoms with Crippen LogP contribution in [0, 0.1) is 0 Å². The summed E-state index contributed by atoms with van der Waals surface area (Å²) in [6.07, 6.45) is 0.906. The van der Waals surface area contributed by atoms with Gasteiger partial charge in [0, 0.05) is 11.4 Å². The SMILES string of the molecule is CC(C)NCCc1ccc2ccc(O)c(O)c2c1. The third-order valence-electron chi connectivity index (χ3n) is 3.00. The molecule has 3 N–H and O–H groups in total. The summed E-state index contributed by atoms with van der Waals surface area (Å²) in [6, 6.07) is 9.76. The minimum absolute atomic E-state index is 0.0360. The van der Waals surface area contributed by atoms with E-state index in [2.05, 4.69) is 25.2 Å². The lowest BCUT2D eigenvalue weighted by atomic mass is 10.0. The van der Waals surface area contributed by atoms with E-state index in [4.69, 9.17) is 0 Å². The van der Waals surface area contributed by atoms with Crippen molar-refractivity contribution in [3.63, 3.8) is 0 Å². The molecule has 18 heavy (non-hydrogen) atoms. The van der Waals surface area contributed by atoms with Gasteiger partial charge in [-0.15, -0.1) is 0 Å². The van der Waals surface area contributed by atoms with Gasteiger partial charge in [-0.3, -0.25) is 0 Å². The molecule has 0 aliphatic heterocycles. The molecule has 2 rings (SSSR count). The van der Waals surface area contributed by atoms with E-state index in [9.17, 15) is 10.2 Å². The van der Waals surface area contributed by atoms with E-state index in [0.29, 0.717) is 11.4 Å². The highest BCUT2D eigenvalue weighted by Crippen LogP contribution is 2.33. The maximum atomic E-state index is 9.83. The Morgan fingerprint density at radius 1 is 1.11 bits per heavy atom. The van der Waals surface area contributed by atoms with Gasteiger partial charge in [-0.1, -0.05) is 32.0 Å². The first-order valence-corrected chi connectivity index (χ1v) is 6.25. The second kappa shape index (κ2) is 5.27. The van der Waals surface area contributed by atoms with Crippen LogP contribution in [-0.4, -0.2) is 22.8 Å². The molecule has 0 bridgehead atoms. The van der Waals surface area contributed by atoms with Gasteiger partial charge < -0.3 is 15.5 Å². The van der Waals surface area contributed by atoms with Crippen molar-refractivity contribution < 1.29 is 10.2 Å². The number of fused-ring (bicyclic) bond motifs is 1. The minimum atomic E-state index is -0.0695. The monoisotopic (exact) mass is 245 g/mol. The lowest BCUT2D eigenvalue weighted by Crippen LogP contribution is -2.24. The Hall–Kier alpha value is -1.74. The van der Waals surface area contributed by atoms with Gasteiger partial charge in [0.05, 0.1) is 0 Å². The fourth-order valence-electron chi connectivity index (χ4n) is 2.00. The standard InChI is InChI=1S/C15H19NO2/c1-10(2)16-8-7-11-3-4-12-5-6-14(17)15(18)13(12)9-11/h3-6,9-10,16-18H,7-8H2,1-2H3. The lowest BCUT2D eigenvalue weighted by Gasteiger charge is -2.09. The Morgan fingerprint density at radius 2 is 1.83 bits per heavy atom. The van der Waals surface area contributed by atoms with Crippen molar-refractivity contribution in [1.82, 2.24) is 5.32 Å². The highest BCUT2D eigenvalue weighted by atomic mass is 16.3. The van der Waals surface area contributed by atoms with Gasteiger partial charge >= 0.3 is 0 Å². The van der Waals surface area contributed by atoms with E-state index in [-0.39, 0.29) is 11.5 Å². The molecule has 0 spiro atoms. The Bertz CT molecular complexity index is 549. The summed E-state index contributed by atoms with van der Waals surface area (Å²) in [4.78, 5) is 0. The number of aromatic hydroxyl groups is 2. The van der Waals surface area contributed by atoms with E-state index < -0.39 is 0 Å². The summed E-state index contributed by atoms with van der Waals surface area (Å²) in [5, 5.41) is 24.3. The van der Waals surface area contributed by atoms with Crippen LogP contribution in [0.5, 0.6) is 11.5 Å². The van der Waals surface area contributed by atoms with Gasteiger partial charge in [0.1, 0.15) is 0 Å². The molecule has 96 valence electrons. The molecule has 0 aliphatic carbocycles. The summed E-state index contributed by atoms with van der Waals surface area (Å²) in [6.45, 7) is 5.14. The fraction of sp³-hybridized carbons (Fsp3) is 0.333. The zero-order chi connectivity index (χ0) is 13.1. The smallest absolute Gasteiger partial charge is 0.165 e. The van der Waals surface area contributed by atoms with Crippen LogP contribution in [0.25, 0.3) is 10.8 Å². The Labute approximate surface area is 107 Å². The summed E-state index contributed by atoms with van der Waals surface area (Å²) in [5.74, 6) is -0.105. The fourth-order valence-corrected chi connectivity index (χ4v) is 2.00. The molecule has 0 fully saturated rings. The largest absolute Gasteiger partial charge is 0.504 e. The van der Waals surface area contributed by atoms with Crippen molar-refractivity contribution in [2.75, 3.05) is 6.54 Å². The molecular weight excluding hydrogens is 226 g/mol. The maximum absolute atomic E-state index is 9.83. The molecule has 3 nitrogen and oxygen atoms in total. The number of phenols is 2. The molecule has 0 amide bonds. The number of hydrogen-bond acceptors (Lipinski definition) is 3. The highest BCUT2D eigenvalue weighted by molar-refractivity contribution is 5.90. The van der Waals surface area contributed by atoms with Crippen LogP contribution >= 0.6 is 0 Å². The maximum Gasteiger partial charge on any atom is 0.165 e. The first-order chi connectivity index (χ1) is 8.58. The zero-order valence-corrected chi connectivity index (χ0v) is 10.8. The third-order valence-corrected chi connectivity index (χ3v) is 3.00. The predicted octanol–water partition coefficient (Wildman–Crippen LogP) is 2.79. The summed E-state index contributed by atoms with van der Waals surface area (Å²) in [5.41, 5.74) is 1.15. The molecule has 0 radical (unpaired) electrons. The first-order valence-electron chi connectivity index (χ1n) is 6.25.